The Bertz CT molecular complexity index is 746. The maximum Gasteiger partial charge on any atom is 0.410 e. The van der Waals surface area contributed by atoms with E-state index in [1.807, 2.05) is 26.8 Å². The smallest absolute Gasteiger partial charge is 0.410 e. The number of ether oxygens (including phenoxy) is 1. The highest BCUT2D eigenvalue weighted by Crippen LogP contribution is 2.45. The predicted octanol–water partition coefficient (Wildman–Crippen LogP) is 4.37. The summed E-state index contributed by atoms with van der Waals surface area (Å²) in [6.07, 6.45) is 2.29. The van der Waals surface area contributed by atoms with Gasteiger partial charge in [-0.15, -0.1) is 0 Å². The maximum atomic E-state index is 12.6. The SMILES string of the molecule is CC(C)C[S+]([O-])/N=C1\c2ccccc2CC12CCN(C(=O)OC(C)(C)C)CC2. The van der Waals surface area contributed by atoms with Gasteiger partial charge in [-0.2, -0.15) is 0 Å². The van der Waals surface area contributed by atoms with Crippen LogP contribution in [0.1, 0.15) is 58.6 Å². The summed E-state index contributed by atoms with van der Waals surface area (Å²) in [5.74, 6) is 0.915. The van der Waals surface area contributed by atoms with Gasteiger partial charge in [-0.05, 0) is 45.6 Å². The van der Waals surface area contributed by atoms with E-state index in [0.29, 0.717) is 24.8 Å². The van der Waals surface area contributed by atoms with Crippen LogP contribution in [0.5, 0.6) is 0 Å². The van der Waals surface area contributed by atoms with Crippen molar-refractivity contribution in [2.75, 3.05) is 18.8 Å². The molecule has 1 spiro atoms. The van der Waals surface area contributed by atoms with Gasteiger partial charge in [0, 0.05) is 30.0 Å². The molecule has 0 saturated carbocycles. The Kier molecular flexibility index (Phi) is 6.11. The number of fused-ring (bicyclic) bond motifs is 1. The molecule has 0 N–H and O–H groups in total. The Balaban J connectivity index is 1.81. The number of carbonyl (C=O) groups is 1. The molecule has 1 aliphatic carbocycles. The van der Waals surface area contributed by atoms with Crippen molar-refractivity contribution in [3.05, 3.63) is 35.4 Å². The molecule has 1 amide bonds. The first-order valence-electron chi connectivity index (χ1n) is 10.1. The highest BCUT2D eigenvalue weighted by atomic mass is 32.2. The molecule has 1 saturated heterocycles. The summed E-state index contributed by atoms with van der Waals surface area (Å²) in [4.78, 5) is 14.2. The van der Waals surface area contributed by atoms with E-state index in [2.05, 4.69) is 32.0 Å². The van der Waals surface area contributed by atoms with Crippen LogP contribution < -0.4 is 0 Å². The fourth-order valence-corrected chi connectivity index (χ4v) is 5.21. The van der Waals surface area contributed by atoms with Gasteiger partial charge in [0.2, 0.25) is 0 Å². The van der Waals surface area contributed by atoms with E-state index in [0.717, 1.165) is 30.5 Å². The molecule has 5 nitrogen and oxygen atoms in total. The highest BCUT2D eigenvalue weighted by Gasteiger charge is 2.47. The molecule has 154 valence electrons. The second-order valence-electron chi connectivity index (χ2n) is 9.40. The minimum atomic E-state index is -1.22. The van der Waals surface area contributed by atoms with Crippen molar-refractivity contribution < 1.29 is 14.1 Å². The van der Waals surface area contributed by atoms with Crippen LogP contribution in [0.2, 0.25) is 0 Å². The molecule has 1 heterocycles. The first-order chi connectivity index (χ1) is 13.1. The van der Waals surface area contributed by atoms with Crippen LogP contribution in [0.15, 0.2) is 28.7 Å². The molecule has 0 aromatic heterocycles. The molecule has 0 bridgehead atoms. The van der Waals surface area contributed by atoms with Crippen LogP contribution in [0.25, 0.3) is 0 Å². The summed E-state index contributed by atoms with van der Waals surface area (Å²) in [6.45, 7) is 11.1. The third-order valence-electron chi connectivity index (χ3n) is 5.34. The number of hydrogen-bond acceptors (Lipinski definition) is 4. The number of hydrogen-bond donors (Lipinski definition) is 0. The molecule has 1 unspecified atom stereocenters. The second kappa shape index (κ2) is 8.07. The molecule has 0 radical (unpaired) electrons. The maximum absolute atomic E-state index is 12.6. The predicted molar refractivity (Wildman–Crippen MR) is 114 cm³/mol. The Morgan fingerprint density at radius 2 is 1.93 bits per heavy atom. The largest absolute Gasteiger partial charge is 0.591 e. The summed E-state index contributed by atoms with van der Waals surface area (Å²) >= 11 is -1.22. The van der Waals surface area contributed by atoms with Crippen molar-refractivity contribution in [2.45, 2.75) is 59.5 Å². The van der Waals surface area contributed by atoms with Gasteiger partial charge in [-0.25, -0.2) is 4.79 Å². The zero-order chi connectivity index (χ0) is 20.5. The monoisotopic (exact) mass is 404 g/mol. The molecule has 1 aromatic rings. The van der Waals surface area contributed by atoms with Crippen LogP contribution in [0, 0.1) is 11.3 Å². The van der Waals surface area contributed by atoms with Gasteiger partial charge < -0.3 is 14.2 Å². The lowest BCUT2D eigenvalue weighted by atomic mass is 9.74. The van der Waals surface area contributed by atoms with Gasteiger partial charge in [0.05, 0.1) is 11.4 Å². The van der Waals surface area contributed by atoms with Crippen molar-refractivity contribution >= 4 is 23.2 Å². The lowest BCUT2D eigenvalue weighted by Gasteiger charge is -2.39. The first kappa shape index (κ1) is 21.2. The van der Waals surface area contributed by atoms with Crippen molar-refractivity contribution in [3.63, 3.8) is 0 Å². The van der Waals surface area contributed by atoms with Crippen LogP contribution >= 0.6 is 0 Å². The molecule has 1 aromatic carbocycles. The molecule has 1 aliphatic heterocycles. The van der Waals surface area contributed by atoms with E-state index in [4.69, 9.17) is 9.13 Å². The van der Waals surface area contributed by atoms with Crippen molar-refractivity contribution in [1.29, 1.82) is 0 Å². The van der Waals surface area contributed by atoms with E-state index in [9.17, 15) is 9.35 Å². The minimum absolute atomic E-state index is 0.130. The summed E-state index contributed by atoms with van der Waals surface area (Å²) in [5.41, 5.74) is 2.76. The fraction of sp³-hybridized carbons (Fsp3) is 0.636. The summed E-state index contributed by atoms with van der Waals surface area (Å²) in [5, 5.41) is 0. The number of likely N-dealkylation sites (tertiary alicyclic amines) is 1. The van der Waals surface area contributed by atoms with Gasteiger partial charge >= 0.3 is 6.09 Å². The Morgan fingerprint density at radius 3 is 2.54 bits per heavy atom. The van der Waals surface area contributed by atoms with Gasteiger partial charge in [0.15, 0.2) is 0 Å². The first-order valence-corrected chi connectivity index (χ1v) is 11.4. The minimum Gasteiger partial charge on any atom is -0.591 e. The molecular formula is C22H32N2O3S. The van der Waals surface area contributed by atoms with Crippen molar-refractivity contribution in [1.82, 2.24) is 4.90 Å². The average molecular weight is 405 g/mol. The quantitative estimate of drug-likeness (QED) is 0.703. The third kappa shape index (κ3) is 4.71. The Labute approximate surface area is 171 Å². The number of nitrogens with zero attached hydrogens (tertiary/aromatic N) is 2. The Morgan fingerprint density at radius 1 is 1.29 bits per heavy atom. The van der Waals surface area contributed by atoms with Crippen LogP contribution in [-0.4, -0.2) is 45.7 Å². The molecule has 28 heavy (non-hydrogen) atoms. The molecule has 2 aliphatic rings. The van der Waals surface area contributed by atoms with Gasteiger partial charge in [-0.3, -0.25) is 0 Å². The zero-order valence-electron chi connectivity index (χ0n) is 17.7. The summed E-state index contributed by atoms with van der Waals surface area (Å²) in [6, 6.07) is 8.31. The van der Waals surface area contributed by atoms with Crippen LogP contribution in [-0.2, 0) is 22.5 Å². The topological polar surface area (TPSA) is 65.0 Å². The molecule has 3 rings (SSSR count). The van der Waals surface area contributed by atoms with E-state index >= 15 is 0 Å². The average Bonchev–Trinajstić information content (AvgIpc) is 2.86. The Hall–Kier alpha value is -1.53. The summed E-state index contributed by atoms with van der Waals surface area (Å²) in [7, 11) is 0. The van der Waals surface area contributed by atoms with Crippen molar-refractivity contribution in [2.24, 2.45) is 15.7 Å². The van der Waals surface area contributed by atoms with Crippen LogP contribution in [0.3, 0.4) is 0 Å². The molecular weight excluding hydrogens is 372 g/mol. The van der Waals surface area contributed by atoms with E-state index < -0.39 is 17.0 Å². The number of piperidine rings is 1. The molecule has 6 heteroatoms. The van der Waals surface area contributed by atoms with Gasteiger partial charge in [0.25, 0.3) is 0 Å². The lowest BCUT2D eigenvalue weighted by Crippen LogP contribution is -2.47. The van der Waals surface area contributed by atoms with Crippen molar-refractivity contribution in [3.8, 4) is 0 Å². The lowest BCUT2D eigenvalue weighted by molar-refractivity contribution is 0.0159. The number of amides is 1. The summed E-state index contributed by atoms with van der Waals surface area (Å²) < 4.78 is 22.9. The standard InChI is InChI=1S/C22H32N2O3S/c1-16(2)15-28(26)23-19-18-9-7-6-8-17(18)14-22(19)10-12-24(13-11-22)20(25)27-21(3,4)5/h6-9,16H,10-15H2,1-5H3/b23-19+. The second-order valence-corrected chi connectivity index (χ2v) is 10.6. The highest BCUT2D eigenvalue weighted by molar-refractivity contribution is 7.90. The number of rotatable bonds is 3. The molecule has 1 atom stereocenters. The number of benzene rings is 1. The van der Waals surface area contributed by atoms with Gasteiger partial charge in [-0.1, -0.05) is 42.5 Å². The van der Waals surface area contributed by atoms with E-state index in [1.54, 1.807) is 4.90 Å². The third-order valence-corrected chi connectivity index (χ3v) is 6.68. The number of carbonyl (C=O) groups excluding carboxylic acids is 1. The van der Waals surface area contributed by atoms with E-state index in [-0.39, 0.29) is 11.5 Å². The van der Waals surface area contributed by atoms with Gasteiger partial charge in [0.1, 0.15) is 17.1 Å². The zero-order valence-corrected chi connectivity index (χ0v) is 18.5. The normalized spacial score (nSPS) is 21.2. The van der Waals surface area contributed by atoms with Crippen LogP contribution in [0.4, 0.5) is 4.79 Å². The molecule has 1 fully saturated rings. The fourth-order valence-electron chi connectivity index (χ4n) is 4.07. The van der Waals surface area contributed by atoms with E-state index in [1.165, 1.54) is 5.56 Å².